The Morgan fingerprint density at radius 3 is 2.60 bits per heavy atom. The molecule has 4 atom stereocenters. The number of rotatable bonds is 7. The highest BCUT2D eigenvalue weighted by molar-refractivity contribution is 9.09. The van der Waals surface area contributed by atoms with E-state index >= 15 is 0 Å². The molecule has 90 valence electrons. The van der Waals surface area contributed by atoms with Crippen LogP contribution < -0.4 is 0 Å². The first kappa shape index (κ1) is 13.5. The third kappa shape index (κ3) is 4.04. The second-order valence-electron chi connectivity index (χ2n) is 4.44. The molecule has 0 amide bonds. The predicted octanol–water partition coefficient (Wildman–Crippen LogP) is 3.38. The van der Waals surface area contributed by atoms with E-state index in [1.54, 1.807) is 0 Å². The number of ether oxygens (including phenoxy) is 2. The van der Waals surface area contributed by atoms with E-state index in [9.17, 15) is 0 Å². The van der Waals surface area contributed by atoms with Gasteiger partial charge in [0.05, 0.1) is 12.2 Å². The maximum atomic E-state index is 5.87. The molecule has 0 radical (unpaired) electrons. The first-order valence-corrected chi connectivity index (χ1v) is 6.97. The number of alkyl halides is 1. The Kier molecular flexibility index (Phi) is 6.17. The molecule has 0 aromatic carbocycles. The summed E-state index contributed by atoms with van der Waals surface area (Å²) in [4.78, 5) is 0.490. The summed E-state index contributed by atoms with van der Waals surface area (Å²) < 4.78 is 11.5. The van der Waals surface area contributed by atoms with E-state index in [-0.39, 0.29) is 6.10 Å². The minimum absolute atomic E-state index is 0.267. The summed E-state index contributed by atoms with van der Waals surface area (Å²) in [6.45, 7) is 8.16. The molecular formula is C12H23BrO2. The molecule has 2 nitrogen and oxygen atoms in total. The first-order chi connectivity index (χ1) is 7.19. The van der Waals surface area contributed by atoms with Crippen molar-refractivity contribution in [2.45, 2.75) is 57.1 Å². The summed E-state index contributed by atoms with van der Waals surface area (Å²) in [5.74, 6) is 0.673. The normalized spacial score (nSPS) is 32.4. The SMILES string of the molecule is CCCC(C)COC1CC(Br)C1OCC. The van der Waals surface area contributed by atoms with Crippen molar-refractivity contribution in [1.82, 2.24) is 0 Å². The van der Waals surface area contributed by atoms with Gasteiger partial charge >= 0.3 is 0 Å². The van der Waals surface area contributed by atoms with Gasteiger partial charge in [-0.3, -0.25) is 0 Å². The van der Waals surface area contributed by atoms with Crippen LogP contribution in [-0.4, -0.2) is 30.2 Å². The molecule has 1 saturated carbocycles. The van der Waals surface area contributed by atoms with Gasteiger partial charge in [0.15, 0.2) is 0 Å². The summed E-state index contributed by atoms with van der Waals surface area (Å²) in [7, 11) is 0. The molecule has 1 rings (SSSR count). The Morgan fingerprint density at radius 2 is 2.07 bits per heavy atom. The zero-order valence-corrected chi connectivity index (χ0v) is 11.6. The maximum Gasteiger partial charge on any atom is 0.0962 e. The molecule has 0 aromatic heterocycles. The lowest BCUT2D eigenvalue weighted by Crippen LogP contribution is -2.51. The molecule has 0 spiro atoms. The van der Waals surface area contributed by atoms with Crippen molar-refractivity contribution in [2.24, 2.45) is 5.92 Å². The van der Waals surface area contributed by atoms with Gasteiger partial charge in [0.25, 0.3) is 0 Å². The van der Waals surface area contributed by atoms with E-state index in [2.05, 4.69) is 29.8 Å². The number of halogens is 1. The van der Waals surface area contributed by atoms with Gasteiger partial charge in [0.2, 0.25) is 0 Å². The molecule has 4 unspecified atom stereocenters. The molecule has 1 fully saturated rings. The highest BCUT2D eigenvalue weighted by Crippen LogP contribution is 2.33. The third-order valence-corrected chi connectivity index (χ3v) is 3.81. The van der Waals surface area contributed by atoms with Crippen LogP contribution in [0.3, 0.4) is 0 Å². The Morgan fingerprint density at radius 1 is 1.33 bits per heavy atom. The van der Waals surface area contributed by atoms with Gasteiger partial charge in [-0.15, -0.1) is 0 Å². The lowest BCUT2D eigenvalue weighted by atomic mass is 9.91. The van der Waals surface area contributed by atoms with Gasteiger partial charge in [-0.25, -0.2) is 0 Å². The Bertz CT molecular complexity index is 175. The van der Waals surface area contributed by atoms with Crippen LogP contribution in [0.1, 0.15) is 40.0 Å². The average molecular weight is 279 g/mol. The summed E-state index contributed by atoms with van der Waals surface area (Å²) in [6.07, 6.45) is 4.16. The van der Waals surface area contributed by atoms with E-state index in [0.29, 0.717) is 16.8 Å². The van der Waals surface area contributed by atoms with Crippen molar-refractivity contribution in [3.63, 3.8) is 0 Å². The van der Waals surface area contributed by atoms with Crippen molar-refractivity contribution >= 4 is 15.9 Å². The molecule has 15 heavy (non-hydrogen) atoms. The van der Waals surface area contributed by atoms with Crippen molar-refractivity contribution in [3.8, 4) is 0 Å². The smallest absolute Gasteiger partial charge is 0.0962 e. The Hall–Kier alpha value is 0.400. The van der Waals surface area contributed by atoms with E-state index in [1.807, 2.05) is 6.92 Å². The topological polar surface area (TPSA) is 18.5 Å². The summed E-state index contributed by atoms with van der Waals surface area (Å²) in [5.41, 5.74) is 0. The lowest BCUT2D eigenvalue weighted by Gasteiger charge is -2.41. The molecule has 1 aliphatic rings. The minimum atomic E-state index is 0.267. The molecule has 0 bridgehead atoms. The summed E-state index contributed by atoms with van der Waals surface area (Å²) in [5, 5.41) is 0. The second kappa shape index (κ2) is 6.87. The zero-order valence-electron chi connectivity index (χ0n) is 10.0. The van der Waals surface area contributed by atoms with Crippen molar-refractivity contribution in [3.05, 3.63) is 0 Å². The first-order valence-electron chi connectivity index (χ1n) is 6.06. The third-order valence-electron chi connectivity index (χ3n) is 2.92. The van der Waals surface area contributed by atoms with Crippen LogP contribution in [0.15, 0.2) is 0 Å². The fourth-order valence-corrected chi connectivity index (χ4v) is 2.82. The Labute approximate surface area is 102 Å². The molecule has 1 aliphatic carbocycles. The lowest BCUT2D eigenvalue weighted by molar-refractivity contribution is -0.124. The van der Waals surface area contributed by atoms with Crippen LogP contribution in [0.2, 0.25) is 0 Å². The van der Waals surface area contributed by atoms with Crippen LogP contribution >= 0.6 is 15.9 Å². The Balaban J connectivity index is 2.16. The van der Waals surface area contributed by atoms with Crippen molar-refractivity contribution in [2.75, 3.05) is 13.2 Å². The molecule has 0 aromatic rings. The highest BCUT2D eigenvalue weighted by atomic mass is 79.9. The van der Waals surface area contributed by atoms with Gasteiger partial charge < -0.3 is 9.47 Å². The van der Waals surface area contributed by atoms with Crippen LogP contribution in [-0.2, 0) is 9.47 Å². The predicted molar refractivity (Wildman–Crippen MR) is 66.6 cm³/mol. The fourth-order valence-electron chi connectivity index (χ4n) is 1.96. The standard InChI is InChI=1S/C12H23BrO2/c1-4-6-9(3)8-15-11-7-10(13)12(11)14-5-2/h9-12H,4-8H2,1-3H3. The monoisotopic (exact) mass is 278 g/mol. The van der Waals surface area contributed by atoms with E-state index < -0.39 is 0 Å². The fraction of sp³-hybridized carbons (Fsp3) is 1.00. The molecule has 0 aliphatic heterocycles. The van der Waals surface area contributed by atoms with Gasteiger partial charge in [-0.05, 0) is 25.7 Å². The number of hydrogen-bond donors (Lipinski definition) is 0. The van der Waals surface area contributed by atoms with Gasteiger partial charge in [0.1, 0.15) is 0 Å². The van der Waals surface area contributed by atoms with Crippen LogP contribution in [0, 0.1) is 5.92 Å². The second-order valence-corrected chi connectivity index (χ2v) is 5.61. The molecule has 0 heterocycles. The van der Waals surface area contributed by atoms with E-state index in [1.165, 1.54) is 12.8 Å². The van der Waals surface area contributed by atoms with Crippen LogP contribution in [0.25, 0.3) is 0 Å². The maximum absolute atomic E-state index is 5.87. The quantitative estimate of drug-likeness (QED) is 0.665. The molecule has 0 N–H and O–H groups in total. The molecule has 3 heteroatoms. The van der Waals surface area contributed by atoms with Crippen molar-refractivity contribution < 1.29 is 9.47 Å². The minimum Gasteiger partial charge on any atom is -0.375 e. The molecular weight excluding hydrogens is 256 g/mol. The summed E-state index contributed by atoms with van der Waals surface area (Å²) in [6, 6.07) is 0. The van der Waals surface area contributed by atoms with Crippen LogP contribution in [0.4, 0.5) is 0 Å². The van der Waals surface area contributed by atoms with Gasteiger partial charge in [-0.1, -0.05) is 36.2 Å². The average Bonchev–Trinajstić information content (AvgIpc) is 2.21. The molecule has 0 saturated heterocycles. The largest absolute Gasteiger partial charge is 0.375 e. The number of hydrogen-bond acceptors (Lipinski definition) is 2. The van der Waals surface area contributed by atoms with Gasteiger partial charge in [0, 0.05) is 18.0 Å². The van der Waals surface area contributed by atoms with E-state index in [0.717, 1.165) is 19.6 Å². The van der Waals surface area contributed by atoms with E-state index in [4.69, 9.17) is 9.47 Å². The summed E-state index contributed by atoms with van der Waals surface area (Å²) >= 11 is 3.60. The van der Waals surface area contributed by atoms with Crippen molar-refractivity contribution in [1.29, 1.82) is 0 Å². The highest BCUT2D eigenvalue weighted by Gasteiger charge is 2.41. The zero-order chi connectivity index (χ0) is 11.3. The van der Waals surface area contributed by atoms with Crippen LogP contribution in [0.5, 0.6) is 0 Å². The van der Waals surface area contributed by atoms with Gasteiger partial charge in [-0.2, -0.15) is 0 Å².